The summed E-state index contributed by atoms with van der Waals surface area (Å²) in [5.41, 5.74) is 4.83. The molecule has 4 rings (SSSR count). The Morgan fingerprint density at radius 1 is 1.11 bits per heavy atom. The predicted molar refractivity (Wildman–Crippen MR) is 106 cm³/mol. The minimum Gasteiger partial charge on any atom is -0.352 e. The van der Waals surface area contributed by atoms with Crippen LogP contribution in [-0.4, -0.2) is 18.5 Å². The number of hydrogen-bond donors (Lipinski definition) is 3. The smallest absolute Gasteiger partial charge is 0.319 e. The number of hydrogen-bond acceptors (Lipinski definition) is 2. The van der Waals surface area contributed by atoms with Crippen molar-refractivity contribution in [2.24, 2.45) is 5.92 Å². The van der Waals surface area contributed by atoms with E-state index in [0.717, 1.165) is 31.2 Å². The van der Waals surface area contributed by atoms with Crippen LogP contribution in [0, 0.1) is 5.92 Å². The molecule has 1 aliphatic carbocycles. The summed E-state index contributed by atoms with van der Waals surface area (Å²) in [6.45, 7) is 2.86. The molecule has 0 fully saturated rings. The molecule has 2 atom stereocenters. The van der Waals surface area contributed by atoms with E-state index in [0.29, 0.717) is 23.7 Å². The standard InChI is InChI=1S/C22H25N3O2/c1-14-5-4-7-15-6-2-3-8-18(15)20(14)25-22(27)24-17-10-9-16-11-12-23-21(26)19(16)13-17/h2-3,6,8-10,13-14,20H,4-5,7,11-12H2,1H3,(H,23,26)(H2,24,25,27). The number of amides is 3. The number of fused-ring (bicyclic) bond motifs is 2. The minimum absolute atomic E-state index is 0.00961. The van der Waals surface area contributed by atoms with Crippen LogP contribution in [0.15, 0.2) is 42.5 Å². The van der Waals surface area contributed by atoms with E-state index in [-0.39, 0.29) is 18.0 Å². The monoisotopic (exact) mass is 363 g/mol. The van der Waals surface area contributed by atoms with Crippen LogP contribution in [0.4, 0.5) is 10.5 Å². The third kappa shape index (κ3) is 3.68. The molecule has 0 saturated carbocycles. The molecule has 2 aromatic rings. The van der Waals surface area contributed by atoms with Gasteiger partial charge in [0.15, 0.2) is 0 Å². The van der Waals surface area contributed by atoms with E-state index in [1.165, 1.54) is 11.1 Å². The van der Waals surface area contributed by atoms with E-state index >= 15 is 0 Å². The maximum atomic E-state index is 12.7. The Bertz CT molecular complexity index is 878. The normalized spacial score (nSPS) is 21.3. The molecule has 3 amide bonds. The Kier molecular flexibility index (Phi) is 4.84. The lowest BCUT2D eigenvalue weighted by atomic mass is 9.92. The van der Waals surface area contributed by atoms with E-state index in [1.807, 2.05) is 18.2 Å². The van der Waals surface area contributed by atoms with Gasteiger partial charge < -0.3 is 16.0 Å². The van der Waals surface area contributed by atoms with Gasteiger partial charge in [-0.05, 0) is 60.4 Å². The van der Waals surface area contributed by atoms with Crippen molar-refractivity contribution in [3.05, 3.63) is 64.7 Å². The van der Waals surface area contributed by atoms with Gasteiger partial charge in [0.2, 0.25) is 0 Å². The van der Waals surface area contributed by atoms with Crippen LogP contribution in [0.25, 0.3) is 0 Å². The lowest BCUT2D eigenvalue weighted by molar-refractivity contribution is 0.0946. The van der Waals surface area contributed by atoms with E-state index in [1.54, 1.807) is 6.07 Å². The van der Waals surface area contributed by atoms with Gasteiger partial charge >= 0.3 is 6.03 Å². The first-order valence-electron chi connectivity index (χ1n) is 9.68. The summed E-state index contributed by atoms with van der Waals surface area (Å²) in [7, 11) is 0. The summed E-state index contributed by atoms with van der Waals surface area (Å²) >= 11 is 0. The predicted octanol–water partition coefficient (Wildman–Crippen LogP) is 3.81. The molecular weight excluding hydrogens is 338 g/mol. The molecule has 2 aliphatic rings. The molecule has 0 spiro atoms. The van der Waals surface area contributed by atoms with E-state index < -0.39 is 0 Å². The van der Waals surface area contributed by atoms with Crippen molar-refractivity contribution < 1.29 is 9.59 Å². The van der Waals surface area contributed by atoms with Crippen molar-refractivity contribution in [3.8, 4) is 0 Å². The summed E-state index contributed by atoms with van der Waals surface area (Å²) in [6.07, 6.45) is 4.10. The SMILES string of the molecule is CC1CCCc2ccccc2C1NC(=O)Nc1ccc2c(c1)C(=O)NCC2. The zero-order valence-corrected chi connectivity index (χ0v) is 15.5. The maximum absolute atomic E-state index is 12.7. The molecule has 5 heteroatoms. The van der Waals surface area contributed by atoms with Crippen LogP contribution in [0.2, 0.25) is 0 Å². The average Bonchev–Trinajstić information content (AvgIpc) is 2.82. The van der Waals surface area contributed by atoms with Crippen molar-refractivity contribution in [2.45, 2.75) is 38.6 Å². The van der Waals surface area contributed by atoms with Crippen LogP contribution in [0.3, 0.4) is 0 Å². The summed E-state index contributed by atoms with van der Waals surface area (Å²) in [5.74, 6) is 0.292. The number of rotatable bonds is 2. The number of carbonyl (C=O) groups excluding carboxylic acids is 2. The first-order valence-corrected chi connectivity index (χ1v) is 9.68. The number of urea groups is 1. The van der Waals surface area contributed by atoms with Gasteiger partial charge in [0, 0.05) is 17.8 Å². The quantitative estimate of drug-likeness (QED) is 0.710. The highest BCUT2D eigenvalue weighted by Crippen LogP contribution is 2.33. The number of nitrogens with one attached hydrogen (secondary N) is 3. The average molecular weight is 363 g/mol. The van der Waals surface area contributed by atoms with Gasteiger partial charge in [0.25, 0.3) is 5.91 Å². The first-order chi connectivity index (χ1) is 13.1. The van der Waals surface area contributed by atoms with Gasteiger partial charge in [0.1, 0.15) is 0 Å². The van der Waals surface area contributed by atoms with E-state index in [9.17, 15) is 9.59 Å². The van der Waals surface area contributed by atoms with Gasteiger partial charge in [-0.3, -0.25) is 4.79 Å². The Balaban J connectivity index is 1.51. The molecule has 0 bridgehead atoms. The summed E-state index contributed by atoms with van der Waals surface area (Å²) in [6, 6.07) is 13.7. The van der Waals surface area contributed by atoms with Crippen molar-refractivity contribution in [2.75, 3.05) is 11.9 Å². The molecule has 0 aromatic heterocycles. The van der Waals surface area contributed by atoms with Crippen LogP contribution >= 0.6 is 0 Å². The molecule has 2 aromatic carbocycles. The van der Waals surface area contributed by atoms with Gasteiger partial charge in [-0.15, -0.1) is 0 Å². The summed E-state index contributed by atoms with van der Waals surface area (Å²) in [4.78, 5) is 24.7. The molecule has 1 aliphatic heterocycles. The maximum Gasteiger partial charge on any atom is 0.319 e. The number of aryl methyl sites for hydroxylation is 1. The molecule has 27 heavy (non-hydrogen) atoms. The highest BCUT2D eigenvalue weighted by Gasteiger charge is 2.26. The van der Waals surface area contributed by atoms with Gasteiger partial charge in [-0.2, -0.15) is 0 Å². The van der Waals surface area contributed by atoms with E-state index in [4.69, 9.17) is 0 Å². The van der Waals surface area contributed by atoms with Gasteiger partial charge in [-0.1, -0.05) is 37.3 Å². The van der Waals surface area contributed by atoms with Crippen LogP contribution in [0.1, 0.15) is 52.9 Å². The summed E-state index contributed by atoms with van der Waals surface area (Å²) < 4.78 is 0. The second-order valence-corrected chi connectivity index (χ2v) is 7.52. The van der Waals surface area contributed by atoms with Crippen molar-refractivity contribution >= 4 is 17.6 Å². The lowest BCUT2D eigenvalue weighted by Gasteiger charge is -2.25. The number of carbonyl (C=O) groups is 2. The van der Waals surface area contributed by atoms with Crippen LogP contribution in [-0.2, 0) is 12.8 Å². The Labute approximate surface area is 159 Å². The molecule has 3 N–H and O–H groups in total. The fourth-order valence-corrected chi connectivity index (χ4v) is 4.17. The molecular formula is C22H25N3O2. The fourth-order valence-electron chi connectivity index (χ4n) is 4.17. The minimum atomic E-state index is -0.236. The van der Waals surface area contributed by atoms with Crippen molar-refractivity contribution in [3.63, 3.8) is 0 Å². The van der Waals surface area contributed by atoms with Crippen LogP contribution in [0.5, 0.6) is 0 Å². The second-order valence-electron chi connectivity index (χ2n) is 7.52. The van der Waals surface area contributed by atoms with Gasteiger partial charge in [-0.25, -0.2) is 4.79 Å². The highest BCUT2D eigenvalue weighted by atomic mass is 16.2. The Hall–Kier alpha value is -2.82. The van der Waals surface area contributed by atoms with E-state index in [2.05, 4.69) is 41.1 Å². The molecule has 140 valence electrons. The van der Waals surface area contributed by atoms with Crippen LogP contribution < -0.4 is 16.0 Å². The molecule has 1 heterocycles. The molecule has 5 nitrogen and oxygen atoms in total. The molecule has 2 unspecified atom stereocenters. The zero-order valence-electron chi connectivity index (χ0n) is 15.5. The number of benzene rings is 2. The van der Waals surface area contributed by atoms with Gasteiger partial charge in [0.05, 0.1) is 6.04 Å². The van der Waals surface area contributed by atoms with Crippen molar-refractivity contribution in [1.29, 1.82) is 0 Å². The third-order valence-corrected chi connectivity index (χ3v) is 5.64. The zero-order chi connectivity index (χ0) is 18.8. The van der Waals surface area contributed by atoms with Crippen molar-refractivity contribution in [1.82, 2.24) is 10.6 Å². The lowest BCUT2D eigenvalue weighted by Crippen LogP contribution is -2.36. The second kappa shape index (κ2) is 7.43. The highest BCUT2D eigenvalue weighted by molar-refractivity contribution is 5.99. The molecule has 0 saturated heterocycles. The topological polar surface area (TPSA) is 70.2 Å². The fraction of sp³-hybridized carbons (Fsp3) is 0.364. The third-order valence-electron chi connectivity index (χ3n) is 5.64. The largest absolute Gasteiger partial charge is 0.352 e. The Morgan fingerprint density at radius 3 is 2.85 bits per heavy atom. The first kappa shape index (κ1) is 17.6. The molecule has 0 radical (unpaired) electrons. The summed E-state index contributed by atoms with van der Waals surface area (Å²) in [5, 5.41) is 8.90. The number of anilines is 1. The Morgan fingerprint density at radius 2 is 1.96 bits per heavy atom.